The molecule has 0 bridgehead atoms. The Labute approximate surface area is 101 Å². The van der Waals surface area contributed by atoms with Crippen LogP contribution in [0.25, 0.3) is 0 Å². The van der Waals surface area contributed by atoms with Crippen molar-refractivity contribution in [3.8, 4) is 0 Å². The van der Waals surface area contributed by atoms with E-state index < -0.39 is 38.2 Å². The number of carbonyl (C=O) groups excluding carboxylic acids is 1. The molecule has 1 rings (SSSR count). The van der Waals surface area contributed by atoms with Crippen LogP contribution >= 0.6 is 0 Å². The minimum absolute atomic E-state index is 0.696. The molecule has 0 fully saturated rings. The first-order valence-corrected chi connectivity index (χ1v) is 6.18. The van der Waals surface area contributed by atoms with Crippen LogP contribution in [0.15, 0.2) is 20.7 Å². The van der Waals surface area contributed by atoms with Crippen LogP contribution in [-0.4, -0.2) is 37.5 Å². The van der Waals surface area contributed by atoms with Crippen LogP contribution in [0.2, 0.25) is 0 Å². The number of esters is 1. The summed E-state index contributed by atoms with van der Waals surface area (Å²) in [5, 5.41) is 0. The lowest BCUT2D eigenvalue weighted by Gasteiger charge is -2.11. The van der Waals surface area contributed by atoms with E-state index in [1.165, 1.54) is 6.92 Å². The van der Waals surface area contributed by atoms with Crippen molar-refractivity contribution in [3.05, 3.63) is 27.0 Å². The number of methoxy groups -OCH3 is 1. The summed E-state index contributed by atoms with van der Waals surface area (Å²) < 4.78 is 29.7. The van der Waals surface area contributed by atoms with Gasteiger partial charge in [0.2, 0.25) is 10.0 Å². The summed E-state index contributed by atoms with van der Waals surface area (Å²) in [7, 11) is -3.13. The van der Waals surface area contributed by atoms with Crippen LogP contribution in [0.4, 0.5) is 0 Å². The summed E-state index contributed by atoms with van der Waals surface area (Å²) in [4.78, 5) is 36.2. The van der Waals surface area contributed by atoms with E-state index in [1.807, 2.05) is 9.71 Å². The van der Waals surface area contributed by atoms with Gasteiger partial charge in [-0.25, -0.2) is 13.2 Å². The summed E-state index contributed by atoms with van der Waals surface area (Å²) in [6.45, 7) is 1.25. The standard InChI is InChI=1S/C8H11N3O6S/c1-4(7(13)17-2)11-18(15,16)5-3-9-8(14)10-6(5)12/h3-4,11H,1-2H3,(H2,9,10,12,14). The summed E-state index contributed by atoms with van der Waals surface area (Å²) in [6.07, 6.45) is 0.744. The highest BCUT2D eigenvalue weighted by Gasteiger charge is 2.25. The number of nitrogens with one attached hydrogen (secondary N) is 3. The van der Waals surface area contributed by atoms with Crippen molar-refractivity contribution < 1.29 is 17.9 Å². The molecule has 1 aromatic heterocycles. The zero-order valence-electron chi connectivity index (χ0n) is 9.51. The van der Waals surface area contributed by atoms with Gasteiger partial charge in [0.25, 0.3) is 5.56 Å². The first-order chi connectivity index (χ1) is 8.27. The second kappa shape index (κ2) is 5.14. The molecule has 1 aromatic rings. The maximum Gasteiger partial charge on any atom is 0.325 e. The summed E-state index contributed by atoms with van der Waals surface area (Å²) in [5.41, 5.74) is -1.91. The molecule has 1 heterocycles. The Hall–Kier alpha value is -1.94. The Morgan fingerprint density at radius 1 is 1.44 bits per heavy atom. The van der Waals surface area contributed by atoms with Gasteiger partial charge < -0.3 is 9.72 Å². The monoisotopic (exact) mass is 277 g/mol. The third-order valence-corrected chi connectivity index (χ3v) is 3.51. The molecule has 10 heteroatoms. The van der Waals surface area contributed by atoms with Gasteiger partial charge in [-0.3, -0.25) is 14.6 Å². The zero-order chi connectivity index (χ0) is 13.9. The Kier molecular flexibility index (Phi) is 4.03. The van der Waals surface area contributed by atoms with Crippen molar-refractivity contribution in [2.45, 2.75) is 17.9 Å². The van der Waals surface area contributed by atoms with Gasteiger partial charge in [0.1, 0.15) is 6.04 Å². The predicted molar refractivity (Wildman–Crippen MR) is 59.5 cm³/mol. The number of aromatic nitrogens is 2. The van der Waals surface area contributed by atoms with E-state index in [4.69, 9.17) is 0 Å². The Bertz CT molecular complexity index is 658. The molecule has 1 atom stereocenters. The van der Waals surface area contributed by atoms with E-state index >= 15 is 0 Å². The molecule has 1 unspecified atom stereocenters. The lowest BCUT2D eigenvalue weighted by atomic mass is 10.4. The van der Waals surface area contributed by atoms with Gasteiger partial charge in [-0.1, -0.05) is 0 Å². The van der Waals surface area contributed by atoms with E-state index in [2.05, 4.69) is 4.74 Å². The molecule has 0 radical (unpaired) electrons. The molecule has 0 spiro atoms. The Balaban J connectivity index is 3.11. The molecule has 3 N–H and O–H groups in total. The normalized spacial score (nSPS) is 13.0. The van der Waals surface area contributed by atoms with Crippen molar-refractivity contribution in [1.29, 1.82) is 0 Å². The molecule has 18 heavy (non-hydrogen) atoms. The SMILES string of the molecule is COC(=O)C(C)NS(=O)(=O)c1c[nH]c(=O)[nH]c1=O. The predicted octanol–water partition coefficient (Wildman–Crippen LogP) is -2.10. The Morgan fingerprint density at radius 3 is 2.56 bits per heavy atom. The minimum Gasteiger partial charge on any atom is -0.468 e. The van der Waals surface area contributed by atoms with Crippen molar-refractivity contribution in [1.82, 2.24) is 14.7 Å². The first kappa shape index (κ1) is 14.1. The molecule has 0 aromatic carbocycles. The molecule has 100 valence electrons. The molecule has 0 aliphatic carbocycles. The van der Waals surface area contributed by atoms with Gasteiger partial charge in [0.15, 0.2) is 4.90 Å². The molecular weight excluding hydrogens is 266 g/mol. The van der Waals surface area contributed by atoms with Crippen molar-refractivity contribution in [3.63, 3.8) is 0 Å². The van der Waals surface area contributed by atoms with E-state index in [9.17, 15) is 22.8 Å². The number of H-pyrrole nitrogens is 2. The molecule has 0 saturated carbocycles. The number of carbonyl (C=O) groups is 1. The lowest BCUT2D eigenvalue weighted by molar-refractivity contribution is -0.142. The topological polar surface area (TPSA) is 138 Å². The highest BCUT2D eigenvalue weighted by atomic mass is 32.2. The van der Waals surface area contributed by atoms with Crippen molar-refractivity contribution in [2.75, 3.05) is 7.11 Å². The van der Waals surface area contributed by atoms with E-state index in [1.54, 1.807) is 4.98 Å². The second-order valence-electron chi connectivity index (χ2n) is 3.30. The van der Waals surface area contributed by atoms with Crippen LogP contribution in [-0.2, 0) is 19.6 Å². The van der Waals surface area contributed by atoms with E-state index in [0.29, 0.717) is 0 Å². The molecular formula is C8H11N3O6S. The van der Waals surface area contributed by atoms with Gasteiger partial charge >= 0.3 is 11.7 Å². The third kappa shape index (κ3) is 3.05. The molecule has 0 aliphatic heterocycles. The van der Waals surface area contributed by atoms with Crippen LogP contribution in [0, 0.1) is 0 Å². The fourth-order valence-corrected chi connectivity index (χ4v) is 2.32. The largest absolute Gasteiger partial charge is 0.468 e. The smallest absolute Gasteiger partial charge is 0.325 e. The number of ether oxygens (including phenoxy) is 1. The van der Waals surface area contributed by atoms with Crippen LogP contribution in [0.1, 0.15) is 6.92 Å². The van der Waals surface area contributed by atoms with Gasteiger partial charge in [-0.2, -0.15) is 4.72 Å². The van der Waals surface area contributed by atoms with Gasteiger partial charge in [-0.05, 0) is 6.92 Å². The van der Waals surface area contributed by atoms with Gasteiger partial charge in [0.05, 0.1) is 7.11 Å². The zero-order valence-corrected chi connectivity index (χ0v) is 10.3. The third-order valence-electron chi connectivity index (χ3n) is 1.96. The lowest BCUT2D eigenvalue weighted by Crippen LogP contribution is -2.41. The highest BCUT2D eigenvalue weighted by Crippen LogP contribution is 2.00. The van der Waals surface area contributed by atoms with Crippen LogP contribution in [0.3, 0.4) is 0 Å². The molecule has 0 saturated heterocycles. The maximum atomic E-state index is 11.7. The van der Waals surface area contributed by atoms with Crippen molar-refractivity contribution >= 4 is 16.0 Å². The van der Waals surface area contributed by atoms with E-state index in [0.717, 1.165) is 13.3 Å². The number of hydrogen-bond donors (Lipinski definition) is 3. The summed E-state index contributed by atoms with van der Waals surface area (Å²) in [5.74, 6) is -0.806. The minimum atomic E-state index is -4.23. The fourth-order valence-electron chi connectivity index (χ4n) is 1.12. The quantitative estimate of drug-likeness (QED) is 0.539. The first-order valence-electron chi connectivity index (χ1n) is 4.70. The Morgan fingerprint density at radius 2 is 2.06 bits per heavy atom. The van der Waals surface area contributed by atoms with E-state index in [-0.39, 0.29) is 0 Å². The van der Waals surface area contributed by atoms with Crippen molar-refractivity contribution in [2.24, 2.45) is 0 Å². The maximum absolute atomic E-state index is 11.7. The fraction of sp³-hybridized carbons (Fsp3) is 0.375. The number of aromatic amines is 2. The van der Waals surface area contributed by atoms with Gasteiger partial charge in [-0.15, -0.1) is 0 Å². The van der Waals surface area contributed by atoms with Crippen LogP contribution in [0.5, 0.6) is 0 Å². The molecule has 0 amide bonds. The number of hydrogen-bond acceptors (Lipinski definition) is 6. The molecule has 0 aliphatic rings. The summed E-state index contributed by atoms with van der Waals surface area (Å²) >= 11 is 0. The number of sulfonamides is 1. The molecule has 9 nitrogen and oxygen atoms in total. The average molecular weight is 277 g/mol. The highest BCUT2D eigenvalue weighted by molar-refractivity contribution is 7.89. The second-order valence-corrected chi connectivity index (χ2v) is 4.98. The summed E-state index contributed by atoms with van der Waals surface area (Å²) in [6, 6.07) is -1.16. The van der Waals surface area contributed by atoms with Gasteiger partial charge in [0, 0.05) is 6.20 Å². The average Bonchev–Trinajstić information content (AvgIpc) is 2.26. The number of rotatable bonds is 4. The van der Waals surface area contributed by atoms with Crippen LogP contribution < -0.4 is 16.0 Å².